The number of thiophene rings is 1. The molecule has 0 unspecified atom stereocenters. The van der Waals surface area contributed by atoms with E-state index in [-0.39, 0.29) is 5.69 Å². The number of hydroxylamine groups is 1. The molecular formula is C26H24FN3O3S. The number of pyridine rings is 1. The van der Waals surface area contributed by atoms with Crippen LogP contribution in [0, 0.1) is 12.7 Å². The summed E-state index contributed by atoms with van der Waals surface area (Å²) < 4.78 is 15.1. The first kappa shape index (κ1) is 23.4. The summed E-state index contributed by atoms with van der Waals surface area (Å²) in [4.78, 5) is 36.3. The summed E-state index contributed by atoms with van der Waals surface area (Å²) in [5, 5.41) is 2.69. The molecule has 4 rings (SSSR count). The van der Waals surface area contributed by atoms with Gasteiger partial charge < -0.3 is 10.2 Å². The molecule has 0 saturated heterocycles. The average molecular weight is 478 g/mol. The maximum atomic E-state index is 14.2. The van der Waals surface area contributed by atoms with Gasteiger partial charge in [-0.3, -0.25) is 14.6 Å². The van der Waals surface area contributed by atoms with Gasteiger partial charge in [-0.05, 0) is 67.3 Å². The minimum absolute atomic E-state index is 0.118. The third kappa shape index (κ3) is 4.77. The minimum Gasteiger partial charge on any atom is -0.379 e. The first-order valence-electron chi connectivity index (χ1n) is 10.9. The SMILES string of the molecule is CCc1ccc(ONC(=O)c2cc3ncccc3s2)c(CC)c1C(=O)Nc1cc(C)ccc1F. The van der Waals surface area contributed by atoms with Crippen molar-refractivity contribution in [3.8, 4) is 5.75 Å². The van der Waals surface area contributed by atoms with E-state index in [9.17, 15) is 14.0 Å². The van der Waals surface area contributed by atoms with Crippen LogP contribution in [-0.2, 0) is 12.8 Å². The monoisotopic (exact) mass is 477 g/mol. The summed E-state index contributed by atoms with van der Waals surface area (Å²) in [6, 6.07) is 13.5. The molecule has 2 aromatic heterocycles. The first-order valence-corrected chi connectivity index (χ1v) is 11.8. The Morgan fingerprint density at radius 2 is 1.88 bits per heavy atom. The summed E-state index contributed by atoms with van der Waals surface area (Å²) in [7, 11) is 0. The van der Waals surface area contributed by atoms with Crippen molar-refractivity contribution < 1.29 is 18.8 Å². The quantitative estimate of drug-likeness (QED) is 0.328. The van der Waals surface area contributed by atoms with Gasteiger partial charge in [-0.1, -0.05) is 26.0 Å². The molecular weight excluding hydrogens is 453 g/mol. The lowest BCUT2D eigenvalue weighted by Gasteiger charge is -2.17. The normalized spacial score (nSPS) is 10.8. The molecule has 8 heteroatoms. The fourth-order valence-corrected chi connectivity index (χ4v) is 4.66. The lowest BCUT2D eigenvalue weighted by molar-refractivity contribution is 0.0762. The fraction of sp³-hybridized carbons (Fsp3) is 0.192. The number of halogens is 1. The van der Waals surface area contributed by atoms with Crippen molar-refractivity contribution >= 4 is 39.1 Å². The van der Waals surface area contributed by atoms with Crippen molar-refractivity contribution in [3.63, 3.8) is 0 Å². The molecule has 34 heavy (non-hydrogen) atoms. The molecule has 2 N–H and O–H groups in total. The standard InChI is InChI=1S/C26H24FN3O3S/c1-4-16-9-11-21(33-30-25(31)23-14-20-22(34-23)7-6-12-28-20)17(5-2)24(16)26(32)29-19-13-15(3)8-10-18(19)27/h6-14H,4-5H2,1-3H3,(H,29,32)(H,30,31). The molecule has 0 spiro atoms. The maximum absolute atomic E-state index is 14.2. The van der Waals surface area contributed by atoms with E-state index in [4.69, 9.17) is 4.84 Å². The van der Waals surface area contributed by atoms with Crippen LogP contribution >= 0.6 is 11.3 Å². The molecule has 2 heterocycles. The molecule has 6 nitrogen and oxygen atoms in total. The molecule has 0 bridgehead atoms. The van der Waals surface area contributed by atoms with E-state index < -0.39 is 17.6 Å². The number of carbonyl (C=O) groups excluding carboxylic acids is 2. The van der Waals surface area contributed by atoms with Crippen molar-refractivity contribution in [2.75, 3.05) is 5.32 Å². The number of anilines is 1. The van der Waals surface area contributed by atoms with Gasteiger partial charge >= 0.3 is 0 Å². The third-order valence-electron chi connectivity index (χ3n) is 5.45. The highest BCUT2D eigenvalue weighted by molar-refractivity contribution is 7.20. The van der Waals surface area contributed by atoms with Gasteiger partial charge in [-0.15, -0.1) is 11.3 Å². The van der Waals surface area contributed by atoms with Gasteiger partial charge in [-0.25, -0.2) is 4.39 Å². The number of nitrogens with zero attached hydrogens (tertiary/aromatic N) is 1. The molecule has 0 fully saturated rings. The molecule has 4 aromatic rings. The van der Waals surface area contributed by atoms with E-state index in [1.807, 2.05) is 32.9 Å². The highest BCUT2D eigenvalue weighted by Gasteiger charge is 2.21. The van der Waals surface area contributed by atoms with Crippen LogP contribution in [0.1, 0.15) is 50.6 Å². The summed E-state index contributed by atoms with van der Waals surface area (Å²) in [6.45, 7) is 5.66. The number of nitrogens with one attached hydrogen (secondary N) is 2. The molecule has 0 aliphatic rings. The predicted molar refractivity (Wildman–Crippen MR) is 132 cm³/mol. The fourth-order valence-electron chi connectivity index (χ4n) is 3.75. The van der Waals surface area contributed by atoms with Gasteiger partial charge in [0.15, 0.2) is 5.75 Å². The average Bonchev–Trinajstić information content (AvgIpc) is 3.28. The summed E-state index contributed by atoms with van der Waals surface area (Å²) in [6.07, 6.45) is 2.75. The molecule has 0 saturated carbocycles. The molecule has 0 radical (unpaired) electrons. The Hall–Kier alpha value is -3.78. The zero-order chi connectivity index (χ0) is 24.2. The summed E-state index contributed by atoms with van der Waals surface area (Å²) >= 11 is 1.31. The Morgan fingerprint density at radius 3 is 2.62 bits per heavy atom. The number of rotatable bonds is 7. The van der Waals surface area contributed by atoms with Gasteiger partial charge in [-0.2, -0.15) is 5.48 Å². The Balaban J connectivity index is 1.59. The molecule has 0 aliphatic heterocycles. The highest BCUT2D eigenvalue weighted by Crippen LogP contribution is 2.29. The van der Waals surface area contributed by atoms with Gasteiger partial charge in [0.05, 0.1) is 20.8 Å². The van der Waals surface area contributed by atoms with E-state index in [0.29, 0.717) is 34.6 Å². The highest BCUT2D eigenvalue weighted by atomic mass is 32.1. The number of aryl methyl sites for hydroxylation is 2. The first-order chi connectivity index (χ1) is 16.4. The number of aromatic nitrogens is 1. The lowest BCUT2D eigenvalue weighted by atomic mass is 9.95. The van der Waals surface area contributed by atoms with Gasteiger partial charge in [0.1, 0.15) is 5.82 Å². The lowest BCUT2D eigenvalue weighted by Crippen LogP contribution is -2.27. The number of fused-ring (bicyclic) bond motifs is 1. The van der Waals surface area contributed by atoms with Crippen molar-refractivity contribution in [2.24, 2.45) is 0 Å². The number of hydrogen-bond donors (Lipinski definition) is 2. The van der Waals surface area contributed by atoms with Crippen molar-refractivity contribution in [1.29, 1.82) is 0 Å². The van der Waals surface area contributed by atoms with Gasteiger partial charge in [0.2, 0.25) is 0 Å². The van der Waals surface area contributed by atoms with Crippen LogP contribution < -0.4 is 15.6 Å². The van der Waals surface area contributed by atoms with E-state index in [1.165, 1.54) is 17.4 Å². The second-order valence-corrected chi connectivity index (χ2v) is 8.84. The Bertz CT molecular complexity index is 1350. The smallest absolute Gasteiger partial charge is 0.294 e. The van der Waals surface area contributed by atoms with Crippen molar-refractivity contribution in [2.45, 2.75) is 33.6 Å². The van der Waals surface area contributed by atoms with Crippen molar-refractivity contribution in [1.82, 2.24) is 10.5 Å². The Labute approximate surface area is 200 Å². The number of benzene rings is 2. The zero-order valence-electron chi connectivity index (χ0n) is 19.1. The van der Waals surface area contributed by atoms with Crippen LogP contribution in [0.25, 0.3) is 10.2 Å². The van der Waals surface area contributed by atoms with Crippen LogP contribution in [0.3, 0.4) is 0 Å². The number of carbonyl (C=O) groups is 2. The number of hydrogen-bond acceptors (Lipinski definition) is 5. The molecule has 174 valence electrons. The molecule has 0 atom stereocenters. The van der Waals surface area contributed by atoms with Crippen LogP contribution in [0.4, 0.5) is 10.1 Å². The van der Waals surface area contributed by atoms with E-state index in [1.54, 1.807) is 36.5 Å². The molecule has 2 aromatic carbocycles. The Kier molecular flexibility index (Phi) is 6.88. The van der Waals surface area contributed by atoms with E-state index in [2.05, 4.69) is 15.8 Å². The van der Waals surface area contributed by atoms with E-state index >= 15 is 0 Å². The van der Waals surface area contributed by atoms with Crippen LogP contribution in [0.2, 0.25) is 0 Å². The minimum atomic E-state index is -0.507. The van der Waals surface area contributed by atoms with Crippen LogP contribution in [0.15, 0.2) is 54.7 Å². The molecule has 2 amide bonds. The topological polar surface area (TPSA) is 80.3 Å². The van der Waals surface area contributed by atoms with E-state index in [0.717, 1.165) is 21.3 Å². The third-order valence-corrected chi connectivity index (χ3v) is 6.54. The largest absolute Gasteiger partial charge is 0.379 e. The number of amides is 2. The molecule has 0 aliphatic carbocycles. The second kappa shape index (κ2) is 10.0. The Morgan fingerprint density at radius 1 is 1.06 bits per heavy atom. The van der Waals surface area contributed by atoms with Gasteiger partial charge in [0.25, 0.3) is 11.8 Å². The van der Waals surface area contributed by atoms with Crippen molar-refractivity contribution in [3.05, 3.63) is 87.7 Å². The summed E-state index contributed by atoms with van der Waals surface area (Å²) in [5.74, 6) is -0.974. The van der Waals surface area contributed by atoms with Crippen LogP contribution in [0.5, 0.6) is 5.75 Å². The second-order valence-electron chi connectivity index (χ2n) is 7.75. The van der Waals surface area contributed by atoms with Crippen LogP contribution in [-0.4, -0.2) is 16.8 Å². The zero-order valence-corrected chi connectivity index (χ0v) is 19.9. The summed E-state index contributed by atoms with van der Waals surface area (Å²) in [5.41, 5.74) is 6.01. The predicted octanol–water partition coefficient (Wildman–Crippen LogP) is 5.84. The van der Waals surface area contributed by atoms with Gasteiger partial charge in [0, 0.05) is 17.3 Å². The maximum Gasteiger partial charge on any atom is 0.294 e.